The van der Waals surface area contributed by atoms with Gasteiger partial charge in [0.2, 0.25) is 0 Å². The van der Waals surface area contributed by atoms with Crippen LogP contribution >= 0.6 is 7.14 Å². The first-order chi connectivity index (χ1) is 10.4. The summed E-state index contributed by atoms with van der Waals surface area (Å²) in [6.45, 7) is 3.41. The summed E-state index contributed by atoms with van der Waals surface area (Å²) in [4.78, 5) is 15.3. The van der Waals surface area contributed by atoms with Gasteiger partial charge in [0.15, 0.2) is 0 Å². The van der Waals surface area contributed by atoms with Crippen molar-refractivity contribution in [3.63, 3.8) is 0 Å². The highest BCUT2D eigenvalue weighted by Crippen LogP contribution is 2.36. The molecule has 0 radical (unpaired) electrons. The van der Waals surface area contributed by atoms with E-state index in [1.165, 1.54) is 0 Å². The first-order valence-corrected chi connectivity index (χ1v) is 9.44. The Bertz CT molecular complexity index is 830. The minimum Gasteiger partial charge on any atom is -0.497 e. The first-order valence-electron chi connectivity index (χ1n) is 6.84. The molecule has 1 aromatic heterocycles. The smallest absolute Gasteiger partial charge is 0.256 e. The van der Waals surface area contributed by atoms with Crippen molar-refractivity contribution >= 4 is 35.8 Å². The van der Waals surface area contributed by atoms with Crippen molar-refractivity contribution in [3.8, 4) is 5.75 Å². The first kappa shape index (κ1) is 14.7. The van der Waals surface area contributed by atoms with Gasteiger partial charge in [0, 0.05) is 16.9 Å². The molecule has 22 heavy (non-hydrogen) atoms. The summed E-state index contributed by atoms with van der Waals surface area (Å²) in [5, 5.41) is 2.82. The summed E-state index contributed by atoms with van der Waals surface area (Å²) in [7, 11) is -0.751. The number of hydrogen-bond acceptors (Lipinski definition) is 3. The Hall–Kier alpha value is -2.26. The Morgan fingerprint density at radius 1 is 1.18 bits per heavy atom. The lowest BCUT2D eigenvalue weighted by Gasteiger charge is -2.03. The molecule has 114 valence electrons. The fraction of sp³-hybridized carbons (Fsp3) is 0.188. The molecule has 1 amide bonds. The van der Waals surface area contributed by atoms with E-state index in [9.17, 15) is 9.36 Å². The van der Waals surface area contributed by atoms with Crippen LogP contribution in [0.1, 0.15) is 11.3 Å². The Morgan fingerprint density at radius 3 is 2.59 bits per heavy atom. The van der Waals surface area contributed by atoms with Crippen LogP contribution in [0.15, 0.2) is 30.3 Å². The average molecular weight is 316 g/mol. The van der Waals surface area contributed by atoms with Crippen molar-refractivity contribution < 1.29 is 14.1 Å². The maximum Gasteiger partial charge on any atom is 0.256 e. The number of carbonyl (C=O) groups excluding carboxylic acids is 1. The lowest BCUT2D eigenvalue weighted by molar-refractivity contribution is -0.110. The second kappa shape index (κ2) is 5.18. The van der Waals surface area contributed by atoms with Crippen molar-refractivity contribution in [2.45, 2.75) is 0 Å². The van der Waals surface area contributed by atoms with Gasteiger partial charge in [0.25, 0.3) is 5.91 Å². The molecular weight excluding hydrogens is 299 g/mol. The fourth-order valence-electron chi connectivity index (χ4n) is 2.39. The summed E-state index contributed by atoms with van der Waals surface area (Å²) >= 11 is 0. The van der Waals surface area contributed by atoms with E-state index in [4.69, 9.17) is 4.74 Å². The molecule has 0 saturated carbocycles. The number of fused-ring (bicyclic) bond motifs is 1. The Balaban J connectivity index is 2.04. The van der Waals surface area contributed by atoms with Crippen molar-refractivity contribution in [1.82, 2.24) is 4.98 Å². The summed E-state index contributed by atoms with van der Waals surface area (Å²) in [6.07, 6.45) is 1.76. The molecule has 1 aliphatic heterocycles. The van der Waals surface area contributed by atoms with E-state index in [-0.39, 0.29) is 5.91 Å². The molecule has 3 rings (SSSR count). The van der Waals surface area contributed by atoms with Crippen LogP contribution in [0, 0.1) is 0 Å². The third-order valence-electron chi connectivity index (χ3n) is 3.58. The molecular formula is C16H17N2O3P. The van der Waals surface area contributed by atoms with Gasteiger partial charge in [-0.1, -0.05) is 0 Å². The quantitative estimate of drug-likeness (QED) is 0.675. The van der Waals surface area contributed by atoms with Gasteiger partial charge in [-0.2, -0.15) is 0 Å². The molecule has 0 saturated heterocycles. The Morgan fingerprint density at radius 2 is 1.95 bits per heavy atom. The predicted molar refractivity (Wildman–Crippen MR) is 89.4 cm³/mol. The van der Waals surface area contributed by atoms with Crippen LogP contribution in [0.5, 0.6) is 5.75 Å². The second-order valence-electron chi connectivity index (χ2n) is 5.57. The number of aromatic nitrogens is 1. The van der Waals surface area contributed by atoms with Gasteiger partial charge in [-0.3, -0.25) is 4.79 Å². The van der Waals surface area contributed by atoms with E-state index < -0.39 is 7.14 Å². The number of amides is 1. The minimum atomic E-state index is -2.34. The van der Waals surface area contributed by atoms with Gasteiger partial charge >= 0.3 is 0 Å². The molecule has 6 heteroatoms. The topological polar surface area (TPSA) is 71.2 Å². The Labute approximate surface area is 128 Å². The maximum atomic E-state index is 12.2. The number of methoxy groups -OCH3 is 1. The number of benzene rings is 1. The zero-order valence-corrected chi connectivity index (χ0v) is 13.5. The highest BCUT2D eigenvalue weighted by Gasteiger charge is 2.25. The predicted octanol–water partition coefficient (Wildman–Crippen LogP) is 2.76. The molecule has 2 heterocycles. The highest BCUT2D eigenvalue weighted by molar-refractivity contribution is 7.69. The van der Waals surface area contributed by atoms with E-state index >= 15 is 0 Å². The molecule has 0 fully saturated rings. The standard InChI is InChI=1S/C16H17N2O3P/c1-21-11-5-6-14-12(9-11)13(16(19)18-14)8-10-4-7-15(17-10)22(2,3)20/h4-9,17H,1-3H3,(H,18,19). The fourth-order valence-corrected chi connectivity index (χ4v) is 3.22. The van der Waals surface area contributed by atoms with Crippen molar-refractivity contribution in [1.29, 1.82) is 0 Å². The number of rotatable bonds is 3. The van der Waals surface area contributed by atoms with E-state index in [0.717, 1.165) is 16.9 Å². The van der Waals surface area contributed by atoms with Crippen LogP contribution in [0.4, 0.5) is 5.69 Å². The Kier molecular flexibility index (Phi) is 3.45. The zero-order valence-electron chi connectivity index (χ0n) is 12.6. The SMILES string of the molecule is COc1ccc2c(c1)C(=Cc1ccc(P(C)(C)=O)[nH]1)C(=O)N2. The van der Waals surface area contributed by atoms with Gasteiger partial charge in [-0.15, -0.1) is 0 Å². The number of aromatic amines is 1. The number of carbonyl (C=O) groups is 1. The van der Waals surface area contributed by atoms with E-state index in [2.05, 4.69) is 10.3 Å². The third kappa shape index (κ3) is 2.60. The summed E-state index contributed by atoms with van der Waals surface area (Å²) in [5.41, 5.74) is 3.57. The lowest BCUT2D eigenvalue weighted by Crippen LogP contribution is -2.04. The van der Waals surface area contributed by atoms with Crippen LogP contribution in [-0.2, 0) is 9.36 Å². The molecule has 0 aliphatic carbocycles. The van der Waals surface area contributed by atoms with E-state index in [0.29, 0.717) is 16.8 Å². The molecule has 2 N–H and O–H groups in total. The minimum absolute atomic E-state index is 0.157. The van der Waals surface area contributed by atoms with Crippen LogP contribution in [-0.4, -0.2) is 31.3 Å². The third-order valence-corrected chi connectivity index (χ3v) is 5.00. The molecule has 0 bridgehead atoms. The van der Waals surface area contributed by atoms with Crippen LogP contribution in [0.25, 0.3) is 11.6 Å². The number of H-pyrrole nitrogens is 1. The molecule has 1 aliphatic rings. The van der Waals surface area contributed by atoms with Gasteiger partial charge in [-0.05, 0) is 49.7 Å². The maximum absolute atomic E-state index is 12.2. The van der Waals surface area contributed by atoms with Crippen LogP contribution < -0.4 is 15.5 Å². The average Bonchev–Trinajstić information content (AvgIpc) is 3.04. The van der Waals surface area contributed by atoms with Gasteiger partial charge in [0.1, 0.15) is 12.9 Å². The number of nitrogens with one attached hydrogen (secondary N) is 2. The summed E-state index contributed by atoms with van der Waals surface area (Å²) in [6, 6.07) is 9.08. The molecule has 5 nitrogen and oxygen atoms in total. The molecule has 1 aromatic carbocycles. The van der Waals surface area contributed by atoms with Crippen molar-refractivity contribution in [2.24, 2.45) is 0 Å². The summed E-state index contributed by atoms with van der Waals surface area (Å²) in [5.74, 6) is 0.538. The highest BCUT2D eigenvalue weighted by atomic mass is 31.2. The van der Waals surface area contributed by atoms with E-state index in [1.54, 1.807) is 38.6 Å². The van der Waals surface area contributed by atoms with E-state index in [1.807, 2.05) is 18.2 Å². The van der Waals surface area contributed by atoms with Crippen molar-refractivity contribution in [3.05, 3.63) is 41.6 Å². The van der Waals surface area contributed by atoms with Gasteiger partial charge in [0.05, 0.1) is 18.1 Å². The van der Waals surface area contributed by atoms with Gasteiger partial charge in [-0.25, -0.2) is 0 Å². The number of ether oxygens (including phenoxy) is 1. The largest absolute Gasteiger partial charge is 0.497 e. The molecule has 2 aromatic rings. The van der Waals surface area contributed by atoms with Crippen molar-refractivity contribution in [2.75, 3.05) is 25.8 Å². The molecule has 0 unspecified atom stereocenters. The normalized spacial score (nSPS) is 15.8. The second-order valence-corrected chi connectivity index (χ2v) is 8.76. The monoisotopic (exact) mass is 316 g/mol. The van der Waals surface area contributed by atoms with Gasteiger partial charge < -0.3 is 19.6 Å². The zero-order chi connectivity index (χ0) is 15.9. The van der Waals surface area contributed by atoms with Crippen LogP contribution in [0.3, 0.4) is 0 Å². The summed E-state index contributed by atoms with van der Waals surface area (Å²) < 4.78 is 17.3. The number of anilines is 1. The number of hydrogen-bond donors (Lipinski definition) is 2. The van der Waals surface area contributed by atoms with Crippen LogP contribution in [0.2, 0.25) is 0 Å². The lowest BCUT2D eigenvalue weighted by atomic mass is 10.1. The molecule has 0 spiro atoms. The molecule has 0 atom stereocenters.